The summed E-state index contributed by atoms with van der Waals surface area (Å²) in [5, 5.41) is 0. The summed E-state index contributed by atoms with van der Waals surface area (Å²) in [6.07, 6.45) is 5.25. The van der Waals surface area contributed by atoms with Gasteiger partial charge in [0, 0.05) is 57.3 Å². The van der Waals surface area contributed by atoms with Gasteiger partial charge < -0.3 is 14.2 Å². The molecule has 1 saturated heterocycles. The van der Waals surface area contributed by atoms with Crippen LogP contribution >= 0.6 is 0 Å². The highest BCUT2D eigenvalue weighted by Gasteiger charge is 2.25. The monoisotopic (exact) mass is 363 g/mol. The number of aryl methyl sites for hydroxylation is 1. The van der Waals surface area contributed by atoms with Crippen LogP contribution in [0, 0.1) is 6.92 Å². The van der Waals surface area contributed by atoms with Crippen molar-refractivity contribution in [2.45, 2.75) is 13.8 Å². The van der Waals surface area contributed by atoms with Crippen molar-refractivity contribution in [2.24, 2.45) is 0 Å². The van der Waals surface area contributed by atoms with E-state index in [4.69, 9.17) is 0 Å². The quantitative estimate of drug-likeness (QED) is 0.698. The zero-order chi connectivity index (χ0) is 19.0. The number of amides is 2. The second-order valence-corrected chi connectivity index (χ2v) is 6.80. The first kappa shape index (κ1) is 17.2. The summed E-state index contributed by atoms with van der Waals surface area (Å²) >= 11 is 0. The van der Waals surface area contributed by atoms with E-state index >= 15 is 0 Å². The van der Waals surface area contributed by atoms with E-state index < -0.39 is 0 Å². The van der Waals surface area contributed by atoms with Gasteiger partial charge in [0.1, 0.15) is 11.4 Å². The van der Waals surface area contributed by atoms with Crippen LogP contribution < -0.4 is 0 Å². The average Bonchev–Trinajstić information content (AvgIpc) is 3.12. The molecule has 2 aromatic heterocycles. The largest absolute Gasteiger partial charge is 0.339 e. The number of nitrogens with zero attached hydrogens (tertiary/aromatic N) is 5. The number of piperazine rings is 1. The van der Waals surface area contributed by atoms with Crippen LogP contribution in [0.25, 0.3) is 16.9 Å². The Hall–Kier alpha value is -3.22. The fourth-order valence-corrected chi connectivity index (χ4v) is 3.32. The van der Waals surface area contributed by atoms with Gasteiger partial charge in [-0.3, -0.25) is 14.6 Å². The van der Waals surface area contributed by atoms with Crippen molar-refractivity contribution >= 4 is 17.5 Å². The second-order valence-electron chi connectivity index (χ2n) is 6.80. The predicted molar refractivity (Wildman–Crippen MR) is 101 cm³/mol. The van der Waals surface area contributed by atoms with Crippen LogP contribution in [-0.4, -0.2) is 62.2 Å². The summed E-state index contributed by atoms with van der Waals surface area (Å²) in [6.45, 7) is 5.76. The van der Waals surface area contributed by atoms with E-state index in [1.54, 1.807) is 35.3 Å². The number of benzene rings is 1. The van der Waals surface area contributed by atoms with Gasteiger partial charge in [-0.2, -0.15) is 0 Å². The Labute approximate surface area is 157 Å². The molecule has 2 amide bonds. The molecule has 0 atom stereocenters. The highest BCUT2D eigenvalue weighted by Crippen LogP contribution is 2.22. The van der Waals surface area contributed by atoms with Crippen LogP contribution in [0.15, 0.2) is 42.9 Å². The zero-order valence-corrected chi connectivity index (χ0v) is 15.4. The van der Waals surface area contributed by atoms with E-state index in [0.717, 1.165) is 11.3 Å². The minimum Gasteiger partial charge on any atom is -0.339 e. The smallest absolute Gasteiger partial charge is 0.274 e. The van der Waals surface area contributed by atoms with E-state index in [9.17, 15) is 9.59 Å². The molecule has 138 valence electrons. The number of carbonyl (C=O) groups excluding carboxylic acids is 2. The molecule has 1 aromatic carbocycles. The molecular formula is C20H21N5O2. The molecule has 7 nitrogen and oxygen atoms in total. The molecule has 0 aliphatic carbocycles. The number of hydrogen-bond donors (Lipinski definition) is 0. The molecule has 1 fully saturated rings. The van der Waals surface area contributed by atoms with Crippen LogP contribution in [0.2, 0.25) is 0 Å². The summed E-state index contributed by atoms with van der Waals surface area (Å²) in [5.41, 5.74) is 3.94. The lowest BCUT2D eigenvalue weighted by Crippen LogP contribution is -2.50. The molecule has 4 rings (SSSR count). The van der Waals surface area contributed by atoms with E-state index in [-0.39, 0.29) is 11.8 Å². The van der Waals surface area contributed by atoms with Crippen LogP contribution in [0.5, 0.6) is 0 Å². The maximum atomic E-state index is 12.9. The van der Waals surface area contributed by atoms with Crippen molar-refractivity contribution in [2.75, 3.05) is 26.2 Å². The van der Waals surface area contributed by atoms with Crippen LogP contribution in [0.4, 0.5) is 0 Å². The van der Waals surface area contributed by atoms with Crippen LogP contribution in [0.1, 0.15) is 23.0 Å². The van der Waals surface area contributed by atoms with Gasteiger partial charge in [0.05, 0.1) is 0 Å². The normalized spacial score (nSPS) is 14.6. The van der Waals surface area contributed by atoms with Gasteiger partial charge in [-0.25, -0.2) is 4.98 Å². The van der Waals surface area contributed by atoms with Crippen molar-refractivity contribution in [3.8, 4) is 11.3 Å². The molecule has 0 unspecified atom stereocenters. The predicted octanol–water partition coefficient (Wildman–Crippen LogP) is 2.01. The summed E-state index contributed by atoms with van der Waals surface area (Å²) in [7, 11) is 0. The summed E-state index contributed by atoms with van der Waals surface area (Å²) < 4.78 is 1.83. The average molecular weight is 363 g/mol. The third-order valence-corrected chi connectivity index (χ3v) is 4.93. The molecule has 1 aliphatic rings. The Morgan fingerprint density at radius 2 is 1.67 bits per heavy atom. The first-order chi connectivity index (χ1) is 13.0. The molecule has 7 heteroatoms. The maximum Gasteiger partial charge on any atom is 0.274 e. The highest BCUT2D eigenvalue weighted by molar-refractivity contribution is 5.94. The first-order valence-corrected chi connectivity index (χ1v) is 8.98. The lowest BCUT2D eigenvalue weighted by molar-refractivity contribution is -0.130. The number of rotatable bonds is 2. The summed E-state index contributed by atoms with van der Waals surface area (Å²) in [4.78, 5) is 36.9. The SMILES string of the molecule is CC(=O)N1CCN(C(=O)c2cn3ccnc(-c4ccc(C)cc4)c3n2)CC1. The lowest BCUT2D eigenvalue weighted by Gasteiger charge is -2.33. The Morgan fingerprint density at radius 1 is 1.00 bits per heavy atom. The Morgan fingerprint density at radius 3 is 2.33 bits per heavy atom. The third kappa shape index (κ3) is 3.28. The highest BCUT2D eigenvalue weighted by atomic mass is 16.2. The van der Waals surface area contributed by atoms with E-state index in [2.05, 4.69) is 9.97 Å². The molecule has 0 saturated carbocycles. The molecule has 1 aliphatic heterocycles. The van der Waals surface area contributed by atoms with Crippen LogP contribution in [-0.2, 0) is 4.79 Å². The first-order valence-electron chi connectivity index (χ1n) is 8.98. The van der Waals surface area contributed by atoms with Gasteiger partial charge in [-0.15, -0.1) is 0 Å². The van der Waals surface area contributed by atoms with Gasteiger partial charge in [0.2, 0.25) is 5.91 Å². The zero-order valence-electron chi connectivity index (χ0n) is 15.4. The minimum atomic E-state index is -0.114. The second kappa shape index (κ2) is 6.83. The Bertz CT molecular complexity index is 1000. The third-order valence-electron chi connectivity index (χ3n) is 4.93. The fourth-order valence-electron chi connectivity index (χ4n) is 3.32. The molecule has 27 heavy (non-hydrogen) atoms. The molecule has 0 spiro atoms. The van der Waals surface area contributed by atoms with Gasteiger partial charge in [0.25, 0.3) is 5.91 Å². The van der Waals surface area contributed by atoms with Gasteiger partial charge >= 0.3 is 0 Å². The van der Waals surface area contributed by atoms with Gasteiger partial charge in [-0.1, -0.05) is 29.8 Å². The van der Waals surface area contributed by atoms with Gasteiger partial charge in [0.15, 0.2) is 5.65 Å². The van der Waals surface area contributed by atoms with E-state index in [1.807, 2.05) is 35.6 Å². The molecule has 3 heterocycles. The lowest BCUT2D eigenvalue weighted by atomic mass is 10.1. The number of imidazole rings is 1. The summed E-state index contributed by atoms with van der Waals surface area (Å²) in [5.74, 6) is -0.0691. The van der Waals surface area contributed by atoms with E-state index in [1.165, 1.54) is 5.56 Å². The molecule has 3 aromatic rings. The number of hydrogen-bond acceptors (Lipinski definition) is 4. The fraction of sp³-hybridized carbons (Fsp3) is 0.300. The standard InChI is InChI=1S/C20H21N5O2/c1-14-3-5-16(6-4-14)18-19-22-17(13-25(19)8-7-21-18)20(27)24-11-9-23(10-12-24)15(2)26/h3-8,13H,9-12H2,1-2H3. The molecular weight excluding hydrogens is 342 g/mol. The number of aromatic nitrogens is 3. The number of carbonyl (C=O) groups is 2. The van der Waals surface area contributed by atoms with Gasteiger partial charge in [-0.05, 0) is 6.92 Å². The maximum absolute atomic E-state index is 12.9. The van der Waals surface area contributed by atoms with Crippen molar-refractivity contribution in [3.05, 3.63) is 54.1 Å². The topological polar surface area (TPSA) is 70.8 Å². The Balaban J connectivity index is 1.62. The van der Waals surface area contributed by atoms with Crippen molar-refractivity contribution in [3.63, 3.8) is 0 Å². The molecule has 0 bridgehead atoms. The van der Waals surface area contributed by atoms with E-state index in [0.29, 0.717) is 37.5 Å². The molecule has 0 radical (unpaired) electrons. The number of fused-ring (bicyclic) bond motifs is 1. The van der Waals surface area contributed by atoms with Crippen molar-refractivity contribution in [1.29, 1.82) is 0 Å². The van der Waals surface area contributed by atoms with Crippen molar-refractivity contribution < 1.29 is 9.59 Å². The van der Waals surface area contributed by atoms with Crippen molar-refractivity contribution in [1.82, 2.24) is 24.2 Å². The molecule has 0 N–H and O–H groups in total. The van der Waals surface area contributed by atoms with Crippen LogP contribution in [0.3, 0.4) is 0 Å². The Kier molecular flexibility index (Phi) is 4.35. The minimum absolute atomic E-state index is 0.0450. The summed E-state index contributed by atoms with van der Waals surface area (Å²) in [6, 6.07) is 8.08.